The fourth-order valence-corrected chi connectivity index (χ4v) is 2.93. The molecule has 0 N–H and O–H groups in total. The van der Waals surface area contributed by atoms with Gasteiger partial charge in [-0.05, 0) is 23.3 Å². The van der Waals surface area contributed by atoms with Gasteiger partial charge < -0.3 is 4.90 Å². The van der Waals surface area contributed by atoms with Crippen LogP contribution in [0.3, 0.4) is 0 Å². The molecule has 6 nitrogen and oxygen atoms in total. The molecule has 0 bridgehead atoms. The summed E-state index contributed by atoms with van der Waals surface area (Å²) in [5.41, 5.74) is 0.109. The average molecular weight is 407 g/mol. The number of allylic oxidation sites excluding steroid dienone is 1. The minimum absolute atomic E-state index is 0.0642. The molecule has 154 valence electrons. The Morgan fingerprint density at radius 2 is 1.60 bits per heavy atom. The summed E-state index contributed by atoms with van der Waals surface area (Å²) in [6.07, 6.45) is 4.14. The topological polar surface area (TPSA) is 64.3 Å². The molecular weight excluding hydrogens is 385 g/mol. The molecule has 0 aliphatic rings. The monoisotopic (exact) mass is 407 g/mol. The Morgan fingerprint density at radius 3 is 2.23 bits per heavy atom. The van der Waals surface area contributed by atoms with Crippen LogP contribution >= 0.6 is 0 Å². The number of rotatable bonds is 7. The molecule has 0 amide bonds. The van der Waals surface area contributed by atoms with Gasteiger partial charge in [-0.15, -0.1) is 0 Å². The van der Waals surface area contributed by atoms with Crippen molar-refractivity contribution in [2.45, 2.75) is 13.1 Å². The third-order valence-electron chi connectivity index (χ3n) is 4.48. The molecule has 0 unspecified atom stereocenters. The second-order valence-electron chi connectivity index (χ2n) is 7.10. The normalized spacial score (nSPS) is 11.0. The van der Waals surface area contributed by atoms with Crippen molar-refractivity contribution in [1.82, 2.24) is 14.0 Å². The summed E-state index contributed by atoms with van der Waals surface area (Å²) in [5.74, 6) is -0.909. The lowest BCUT2D eigenvalue weighted by atomic mass is 10.2. The predicted molar refractivity (Wildman–Crippen MR) is 113 cm³/mol. The molecule has 3 aromatic rings. The van der Waals surface area contributed by atoms with E-state index in [0.717, 1.165) is 10.1 Å². The first-order valence-electron chi connectivity index (χ1n) is 9.37. The molecule has 2 aromatic carbocycles. The van der Waals surface area contributed by atoms with Crippen LogP contribution in [0.15, 0.2) is 82.7 Å². The number of aromatic nitrogens is 2. The SMILES string of the molecule is CN(C)/C=C/C(=O)c1cn(Cc2ccccc2)c(=O)n(Cc2ccc(F)cc2)c1=O. The van der Waals surface area contributed by atoms with E-state index in [-0.39, 0.29) is 18.7 Å². The fraction of sp³-hybridized carbons (Fsp3) is 0.174. The Hall–Kier alpha value is -3.74. The summed E-state index contributed by atoms with van der Waals surface area (Å²) in [6.45, 7) is 0.145. The summed E-state index contributed by atoms with van der Waals surface area (Å²) in [4.78, 5) is 40.3. The molecule has 0 aliphatic carbocycles. The molecule has 0 fully saturated rings. The molecule has 0 saturated carbocycles. The Balaban J connectivity index is 2.11. The average Bonchev–Trinajstić information content (AvgIpc) is 2.73. The first kappa shape index (κ1) is 21.0. The lowest BCUT2D eigenvalue weighted by molar-refractivity contribution is 0.104. The summed E-state index contributed by atoms with van der Waals surface area (Å²) < 4.78 is 15.6. The molecule has 0 aliphatic heterocycles. The van der Waals surface area contributed by atoms with E-state index in [1.54, 1.807) is 25.2 Å². The van der Waals surface area contributed by atoms with Gasteiger partial charge in [0.05, 0.1) is 13.1 Å². The maximum atomic E-state index is 13.2. The van der Waals surface area contributed by atoms with E-state index in [0.29, 0.717) is 5.56 Å². The van der Waals surface area contributed by atoms with Gasteiger partial charge in [0.15, 0.2) is 5.78 Å². The van der Waals surface area contributed by atoms with Crippen LogP contribution in [0, 0.1) is 5.82 Å². The zero-order chi connectivity index (χ0) is 21.7. The van der Waals surface area contributed by atoms with E-state index in [1.165, 1.54) is 41.1 Å². The lowest BCUT2D eigenvalue weighted by Gasteiger charge is -2.13. The van der Waals surface area contributed by atoms with Crippen LogP contribution in [0.25, 0.3) is 0 Å². The van der Waals surface area contributed by atoms with Crippen LogP contribution in [0.5, 0.6) is 0 Å². The van der Waals surface area contributed by atoms with Crippen molar-refractivity contribution >= 4 is 5.78 Å². The Bertz CT molecular complexity index is 1180. The van der Waals surface area contributed by atoms with Crippen molar-refractivity contribution in [3.63, 3.8) is 0 Å². The maximum absolute atomic E-state index is 13.2. The highest BCUT2D eigenvalue weighted by Crippen LogP contribution is 2.05. The fourth-order valence-electron chi connectivity index (χ4n) is 2.93. The highest BCUT2D eigenvalue weighted by molar-refractivity contribution is 6.03. The number of nitrogens with zero attached hydrogens (tertiary/aromatic N) is 3. The maximum Gasteiger partial charge on any atom is 0.331 e. The van der Waals surface area contributed by atoms with E-state index in [2.05, 4.69) is 0 Å². The van der Waals surface area contributed by atoms with E-state index in [1.807, 2.05) is 30.3 Å². The Morgan fingerprint density at radius 1 is 0.967 bits per heavy atom. The third-order valence-corrected chi connectivity index (χ3v) is 4.48. The molecule has 0 radical (unpaired) electrons. The molecule has 1 aromatic heterocycles. The predicted octanol–water partition coefficient (Wildman–Crippen LogP) is 2.50. The number of carbonyl (C=O) groups is 1. The van der Waals surface area contributed by atoms with Crippen molar-refractivity contribution in [2.75, 3.05) is 14.1 Å². The summed E-state index contributed by atoms with van der Waals surface area (Å²) >= 11 is 0. The molecule has 0 atom stereocenters. The molecule has 7 heteroatoms. The zero-order valence-corrected chi connectivity index (χ0v) is 16.8. The molecule has 1 heterocycles. The van der Waals surface area contributed by atoms with Gasteiger partial charge in [-0.25, -0.2) is 9.18 Å². The number of hydrogen-bond donors (Lipinski definition) is 0. The third kappa shape index (κ3) is 5.00. The molecular formula is C23H22FN3O3. The van der Waals surface area contributed by atoms with Gasteiger partial charge in [0, 0.05) is 32.6 Å². The minimum Gasteiger partial charge on any atom is -0.383 e. The van der Waals surface area contributed by atoms with Crippen LogP contribution < -0.4 is 11.2 Å². The van der Waals surface area contributed by atoms with E-state index in [9.17, 15) is 18.8 Å². The molecule has 0 spiro atoms. The second kappa shape index (κ2) is 9.17. The Labute approximate surface area is 173 Å². The van der Waals surface area contributed by atoms with Crippen LogP contribution in [0.1, 0.15) is 21.5 Å². The van der Waals surface area contributed by atoms with E-state index in [4.69, 9.17) is 0 Å². The van der Waals surface area contributed by atoms with Crippen LogP contribution in [0.4, 0.5) is 4.39 Å². The number of hydrogen-bond acceptors (Lipinski definition) is 4. The van der Waals surface area contributed by atoms with Crippen molar-refractivity contribution in [3.8, 4) is 0 Å². The number of ketones is 1. The highest BCUT2D eigenvalue weighted by atomic mass is 19.1. The molecule has 3 rings (SSSR count). The first-order chi connectivity index (χ1) is 14.3. The van der Waals surface area contributed by atoms with Crippen molar-refractivity contribution in [1.29, 1.82) is 0 Å². The minimum atomic E-state index is -0.679. The molecule has 30 heavy (non-hydrogen) atoms. The summed E-state index contributed by atoms with van der Waals surface area (Å²) in [7, 11) is 3.51. The first-order valence-corrected chi connectivity index (χ1v) is 9.37. The van der Waals surface area contributed by atoms with Gasteiger partial charge >= 0.3 is 5.69 Å². The number of carbonyl (C=O) groups excluding carboxylic acids is 1. The zero-order valence-electron chi connectivity index (χ0n) is 16.8. The standard InChI is InChI=1S/C23H22FN3O3/c1-25(2)13-12-21(28)20-16-26(14-17-6-4-3-5-7-17)23(30)27(22(20)29)15-18-8-10-19(24)11-9-18/h3-13,16H,14-15H2,1-2H3/b13-12+. The van der Waals surface area contributed by atoms with Crippen LogP contribution in [-0.4, -0.2) is 33.9 Å². The van der Waals surface area contributed by atoms with E-state index < -0.39 is 22.8 Å². The highest BCUT2D eigenvalue weighted by Gasteiger charge is 2.16. The largest absolute Gasteiger partial charge is 0.383 e. The number of benzene rings is 2. The Kier molecular flexibility index (Phi) is 6.41. The van der Waals surface area contributed by atoms with Crippen molar-refractivity contribution < 1.29 is 9.18 Å². The summed E-state index contributed by atoms with van der Waals surface area (Å²) in [5, 5.41) is 0. The van der Waals surface area contributed by atoms with Gasteiger partial charge in [-0.3, -0.25) is 18.7 Å². The van der Waals surface area contributed by atoms with Gasteiger partial charge in [0.1, 0.15) is 11.4 Å². The van der Waals surface area contributed by atoms with Gasteiger partial charge in [0.25, 0.3) is 5.56 Å². The second-order valence-corrected chi connectivity index (χ2v) is 7.10. The smallest absolute Gasteiger partial charge is 0.331 e. The van der Waals surface area contributed by atoms with Crippen molar-refractivity contribution in [2.24, 2.45) is 0 Å². The van der Waals surface area contributed by atoms with Crippen molar-refractivity contribution in [3.05, 3.63) is 116 Å². The van der Waals surface area contributed by atoms with Gasteiger partial charge in [-0.2, -0.15) is 0 Å². The van der Waals surface area contributed by atoms with E-state index >= 15 is 0 Å². The van der Waals surface area contributed by atoms with Crippen LogP contribution in [0.2, 0.25) is 0 Å². The van der Waals surface area contributed by atoms with Gasteiger partial charge in [0.2, 0.25) is 0 Å². The summed E-state index contributed by atoms with van der Waals surface area (Å²) in [6, 6.07) is 14.8. The molecule has 0 saturated heterocycles. The lowest BCUT2D eigenvalue weighted by Crippen LogP contribution is -2.42. The quantitative estimate of drug-likeness (QED) is 0.446. The van der Waals surface area contributed by atoms with Crippen LogP contribution in [-0.2, 0) is 13.1 Å². The van der Waals surface area contributed by atoms with Gasteiger partial charge in [-0.1, -0.05) is 42.5 Å². The number of halogens is 1.